The van der Waals surface area contributed by atoms with Gasteiger partial charge in [-0.3, -0.25) is 14.0 Å². The zero-order valence-electron chi connectivity index (χ0n) is 10.6. The van der Waals surface area contributed by atoms with Gasteiger partial charge in [0, 0.05) is 12.2 Å². The number of fused-ring (bicyclic) bond motifs is 1. The Kier molecular flexibility index (Phi) is 3.46. The lowest BCUT2D eigenvalue weighted by Gasteiger charge is -2.11. The van der Waals surface area contributed by atoms with Crippen molar-refractivity contribution < 1.29 is 14.7 Å². The molecule has 1 unspecified atom stereocenters. The number of pyridine rings is 1. The minimum atomic E-state index is -0.946. The van der Waals surface area contributed by atoms with E-state index in [0.29, 0.717) is 17.0 Å². The Morgan fingerprint density at radius 1 is 1.42 bits per heavy atom. The first kappa shape index (κ1) is 13.0. The van der Waals surface area contributed by atoms with E-state index < -0.39 is 12.0 Å². The van der Waals surface area contributed by atoms with E-state index in [9.17, 15) is 9.59 Å². The second-order valence-electron chi connectivity index (χ2n) is 4.37. The summed E-state index contributed by atoms with van der Waals surface area (Å²) in [6.07, 6.45) is 1.52. The van der Waals surface area contributed by atoms with Crippen LogP contribution in [0, 0.1) is 6.92 Å². The molecular formula is C12H14N4O3. The van der Waals surface area contributed by atoms with Gasteiger partial charge in [-0.1, -0.05) is 0 Å². The molecule has 0 radical (unpaired) electrons. The maximum absolute atomic E-state index is 12.0. The molecule has 2 N–H and O–H groups in total. The molecule has 7 heteroatoms. The Labute approximate surface area is 109 Å². The molecule has 0 saturated heterocycles. The number of rotatable bonds is 4. The Balaban J connectivity index is 2.17. The number of aliphatic carboxylic acids is 1. The maximum atomic E-state index is 12.0. The molecule has 0 aromatic carbocycles. The molecule has 0 spiro atoms. The second-order valence-corrected chi connectivity index (χ2v) is 4.37. The van der Waals surface area contributed by atoms with Gasteiger partial charge in [0.15, 0.2) is 5.65 Å². The summed E-state index contributed by atoms with van der Waals surface area (Å²) in [5.41, 5.74) is 1.10. The number of amides is 1. The summed E-state index contributed by atoms with van der Waals surface area (Å²) < 4.78 is 1.71. The minimum Gasteiger partial charge on any atom is -0.481 e. The number of carboxylic acid groups (broad SMARTS) is 1. The summed E-state index contributed by atoms with van der Waals surface area (Å²) >= 11 is 0. The predicted octanol–water partition coefficient (Wildman–Crippen LogP) is 0.631. The monoisotopic (exact) mass is 262 g/mol. The van der Waals surface area contributed by atoms with Crippen LogP contribution in [0.4, 0.5) is 0 Å². The fraction of sp³-hybridized carbons (Fsp3) is 0.333. The Morgan fingerprint density at radius 2 is 2.16 bits per heavy atom. The number of carboxylic acids is 1. The van der Waals surface area contributed by atoms with Crippen molar-refractivity contribution in [2.75, 3.05) is 0 Å². The highest BCUT2D eigenvalue weighted by Gasteiger charge is 2.13. The number of carbonyl (C=O) groups is 2. The lowest BCUT2D eigenvalue weighted by molar-refractivity contribution is -0.137. The molecule has 7 nitrogen and oxygen atoms in total. The number of hydrogen-bond acceptors (Lipinski definition) is 4. The van der Waals surface area contributed by atoms with E-state index in [1.54, 1.807) is 36.6 Å². The highest BCUT2D eigenvalue weighted by molar-refractivity contribution is 5.94. The van der Waals surface area contributed by atoms with Crippen LogP contribution in [0.2, 0.25) is 0 Å². The lowest BCUT2D eigenvalue weighted by atomic mass is 10.2. The van der Waals surface area contributed by atoms with Gasteiger partial charge < -0.3 is 10.4 Å². The summed E-state index contributed by atoms with van der Waals surface area (Å²) in [4.78, 5) is 22.5. The smallest absolute Gasteiger partial charge is 0.305 e. The average molecular weight is 262 g/mol. The molecule has 1 atom stereocenters. The topological polar surface area (TPSA) is 96.6 Å². The van der Waals surface area contributed by atoms with Crippen molar-refractivity contribution in [1.29, 1.82) is 0 Å². The number of aryl methyl sites for hydroxylation is 1. The number of nitrogens with one attached hydrogen (secondary N) is 1. The van der Waals surface area contributed by atoms with Crippen molar-refractivity contribution in [2.45, 2.75) is 26.3 Å². The molecule has 0 saturated carbocycles. The van der Waals surface area contributed by atoms with Crippen LogP contribution in [0.3, 0.4) is 0 Å². The first-order chi connectivity index (χ1) is 8.97. The Bertz CT molecular complexity index is 635. The van der Waals surface area contributed by atoms with Gasteiger partial charge in [-0.25, -0.2) is 0 Å². The normalized spacial score (nSPS) is 12.3. The summed E-state index contributed by atoms with van der Waals surface area (Å²) in [5.74, 6) is -0.579. The summed E-state index contributed by atoms with van der Waals surface area (Å²) in [5, 5.41) is 19.1. The average Bonchev–Trinajstić information content (AvgIpc) is 2.69. The standard InChI is InChI=1S/C12H14N4O3/c1-7(5-11(17)18)13-12(19)9-3-4-10-15-14-8(2)16(10)6-9/h3-4,6-7H,5H2,1-2H3,(H,13,19)(H,17,18). The van der Waals surface area contributed by atoms with Crippen LogP contribution in [0.1, 0.15) is 29.5 Å². The second kappa shape index (κ2) is 5.05. The van der Waals surface area contributed by atoms with E-state index in [1.807, 2.05) is 0 Å². The summed E-state index contributed by atoms with van der Waals surface area (Å²) in [6, 6.07) is 2.89. The molecule has 100 valence electrons. The van der Waals surface area contributed by atoms with Crippen molar-refractivity contribution in [2.24, 2.45) is 0 Å². The maximum Gasteiger partial charge on any atom is 0.305 e. The van der Waals surface area contributed by atoms with Crippen molar-refractivity contribution in [3.63, 3.8) is 0 Å². The van der Waals surface area contributed by atoms with Gasteiger partial charge in [-0.05, 0) is 26.0 Å². The zero-order chi connectivity index (χ0) is 14.0. The van der Waals surface area contributed by atoms with Gasteiger partial charge >= 0.3 is 5.97 Å². The molecule has 0 fully saturated rings. The van der Waals surface area contributed by atoms with Crippen LogP contribution >= 0.6 is 0 Å². The van der Waals surface area contributed by atoms with Crippen LogP contribution in [-0.4, -0.2) is 37.6 Å². The third-order valence-corrected chi connectivity index (χ3v) is 2.69. The number of aromatic nitrogens is 3. The van der Waals surface area contributed by atoms with Crippen molar-refractivity contribution in [3.05, 3.63) is 29.7 Å². The molecule has 2 aromatic rings. The van der Waals surface area contributed by atoms with E-state index in [2.05, 4.69) is 15.5 Å². The molecule has 0 aliphatic rings. The molecule has 2 aromatic heterocycles. The molecule has 19 heavy (non-hydrogen) atoms. The molecule has 1 amide bonds. The third-order valence-electron chi connectivity index (χ3n) is 2.69. The first-order valence-corrected chi connectivity index (χ1v) is 5.81. The third kappa shape index (κ3) is 2.87. The van der Waals surface area contributed by atoms with Crippen LogP contribution in [0.5, 0.6) is 0 Å². The zero-order valence-corrected chi connectivity index (χ0v) is 10.6. The van der Waals surface area contributed by atoms with Crippen LogP contribution < -0.4 is 5.32 Å². The van der Waals surface area contributed by atoms with Crippen molar-refractivity contribution in [1.82, 2.24) is 19.9 Å². The fourth-order valence-corrected chi connectivity index (χ4v) is 1.76. The molecule has 0 aliphatic carbocycles. The van der Waals surface area contributed by atoms with Crippen LogP contribution in [-0.2, 0) is 4.79 Å². The summed E-state index contributed by atoms with van der Waals surface area (Å²) in [6.45, 7) is 3.43. The Morgan fingerprint density at radius 3 is 2.84 bits per heavy atom. The van der Waals surface area contributed by atoms with Gasteiger partial charge in [0.2, 0.25) is 0 Å². The highest BCUT2D eigenvalue weighted by Crippen LogP contribution is 2.07. The quantitative estimate of drug-likeness (QED) is 0.842. The van der Waals surface area contributed by atoms with Gasteiger partial charge in [-0.15, -0.1) is 10.2 Å². The van der Waals surface area contributed by atoms with E-state index in [0.717, 1.165) is 0 Å². The van der Waals surface area contributed by atoms with Crippen LogP contribution in [0.25, 0.3) is 5.65 Å². The molecule has 0 bridgehead atoms. The van der Waals surface area contributed by atoms with Gasteiger partial charge in [0.25, 0.3) is 5.91 Å². The van der Waals surface area contributed by atoms with Crippen molar-refractivity contribution in [3.8, 4) is 0 Å². The van der Waals surface area contributed by atoms with Gasteiger partial charge in [0.1, 0.15) is 5.82 Å². The minimum absolute atomic E-state index is 0.111. The summed E-state index contributed by atoms with van der Waals surface area (Å²) in [7, 11) is 0. The van der Waals surface area contributed by atoms with E-state index in [4.69, 9.17) is 5.11 Å². The van der Waals surface area contributed by atoms with Crippen LogP contribution in [0.15, 0.2) is 18.3 Å². The molecule has 2 rings (SSSR count). The Hall–Kier alpha value is -2.44. The number of nitrogens with zero attached hydrogens (tertiary/aromatic N) is 3. The van der Waals surface area contributed by atoms with E-state index in [1.165, 1.54) is 0 Å². The van der Waals surface area contributed by atoms with Crippen molar-refractivity contribution >= 4 is 17.5 Å². The lowest BCUT2D eigenvalue weighted by Crippen LogP contribution is -2.34. The van der Waals surface area contributed by atoms with E-state index >= 15 is 0 Å². The van der Waals surface area contributed by atoms with Gasteiger partial charge in [0.05, 0.1) is 12.0 Å². The first-order valence-electron chi connectivity index (χ1n) is 5.81. The largest absolute Gasteiger partial charge is 0.481 e. The molecule has 2 heterocycles. The van der Waals surface area contributed by atoms with E-state index in [-0.39, 0.29) is 12.3 Å². The number of carbonyl (C=O) groups excluding carboxylic acids is 1. The molecule has 0 aliphatic heterocycles. The molecular weight excluding hydrogens is 248 g/mol. The SMILES string of the molecule is Cc1nnc2ccc(C(=O)NC(C)CC(=O)O)cn12. The fourth-order valence-electron chi connectivity index (χ4n) is 1.76. The van der Waals surface area contributed by atoms with Gasteiger partial charge in [-0.2, -0.15) is 0 Å². The highest BCUT2D eigenvalue weighted by atomic mass is 16.4. The number of hydrogen-bond donors (Lipinski definition) is 2. The predicted molar refractivity (Wildman–Crippen MR) is 66.9 cm³/mol.